The summed E-state index contributed by atoms with van der Waals surface area (Å²) in [6.45, 7) is 7.03. The summed E-state index contributed by atoms with van der Waals surface area (Å²) >= 11 is 0. The Labute approximate surface area is 110 Å². The molecule has 1 atom stereocenters. The van der Waals surface area contributed by atoms with E-state index < -0.39 is 0 Å². The fraction of sp³-hybridized carbons (Fsp3) is 0.643. The Morgan fingerprint density at radius 1 is 1.44 bits per heavy atom. The maximum atomic E-state index is 9.03. The number of aliphatic hydroxyl groups is 1. The molecular formula is C14H25N3O. The predicted molar refractivity (Wildman–Crippen MR) is 74.5 cm³/mol. The van der Waals surface area contributed by atoms with Crippen LogP contribution in [-0.4, -0.2) is 47.8 Å². The second kappa shape index (κ2) is 8.19. The van der Waals surface area contributed by atoms with Crippen molar-refractivity contribution in [2.45, 2.75) is 32.9 Å². The molecule has 0 aliphatic heterocycles. The summed E-state index contributed by atoms with van der Waals surface area (Å²) in [6, 6.07) is 6.45. The molecule has 1 unspecified atom stereocenters. The van der Waals surface area contributed by atoms with E-state index in [2.05, 4.69) is 35.2 Å². The molecule has 1 aromatic rings. The van der Waals surface area contributed by atoms with Crippen LogP contribution in [0.25, 0.3) is 0 Å². The summed E-state index contributed by atoms with van der Waals surface area (Å²) in [4.78, 5) is 6.74. The Morgan fingerprint density at radius 3 is 2.83 bits per heavy atom. The van der Waals surface area contributed by atoms with Gasteiger partial charge in [0, 0.05) is 31.4 Å². The van der Waals surface area contributed by atoms with Gasteiger partial charge in [0.1, 0.15) is 0 Å². The average molecular weight is 251 g/mol. The first kappa shape index (κ1) is 15.1. The molecule has 4 nitrogen and oxygen atoms in total. The molecule has 1 rings (SSSR count). The van der Waals surface area contributed by atoms with E-state index in [1.54, 1.807) is 0 Å². The van der Waals surface area contributed by atoms with Crippen molar-refractivity contribution in [3.05, 3.63) is 29.6 Å². The van der Waals surface area contributed by atoms with Crippen LogP contribution < -0.4 is 5.32 Å². The van der Waals surface area contributed by atoms with Crippen molar-refractivity contribution >= 4 is 0 Å². The summed E-state index contributed by atoms with van der Waals surface area (Å²) in [6.07, 6.45) is 0.791. The van der Waals surface area contributed by atoms with Gasteiger partial charge in [-0.25, -0.2) is 0 Å². The van der Waals surface area contributed by atoms with Crippen LogP contribution in [0.5, 0.6) is 0 Å². The first-order valence-corrected chi connectivity index (χ1v) is 6.61. The minimum atomic E-state index is 0.230. The largest absolute Gasteiger partial charge is 0.396 e. The quantitative estimate of drug-likeness (QED) is 0.728. The molecule has 0 saturated carbocycles. The van der Waals surface area contributed by atoms with Gasteiger partial charge in [0.15, 0.2) is 0 Å². The fourth-order valence-corrected chi connectivity index (χ4v) is 2.11. The SMILES string of the molecule is CCNC(CCO)CN(C)Cc1cccc(C)n1. The van der Waals surface area contributed by atoms with Crippen LogP contribution in [0.15, 0.2) is 18.2 Å². The lowest BCUT2D eigenvalue weighted by atomic mass is 10.2. The molecule has 0 fully saturated rings. The summed E-state index contributed by atoms with van der Waals surface area (Å²) in [5.41, 5.74) is 2.15. The summed E-state index contributed by atoms with van der Waals surface area (Å²) in [5, 5.41) is 12.4. The van der Waals surface area contributed by atoms with Crippen molar-refractivity contribution < 1.29 is 5.11 Å². The standard InChI is InChI=1S/C14H25N3O/c1-4-15-13(8-9-18)10-17(3)11-14-7-5-6-12(2)16-14/h5-7,13,15,18H,4,8-11H2,1-3H3. The molecular weight excluding hydrogens is 226 g/mol. The molecule has 4 heteroatoms. The fourth-order valence-electron chi connectivity index (χ4n) is 2.11. The van der Waals surface area contributed by atoms with Crippen molar-refractivity contribution in [1.29, 1.82) is 0 Å². The van der Waals surface area contributed by atoms with E-state index >= 15 is 0 Å². The second-order valence-corrected chi connectivity index (χ2v) is 4.73. The number of nitrogens with one attached hydrogen (secondary N) is 1. The molecule has 0 amide bonds. The number of hydrogen-bond donors (Lipinski definition) is 2. The molecule has 0 radical (unpaired) electrons. The van der Waals surface area contributed by atoms with E-state index in [4.69, 9.17) is 5.11 Å². The maximum absolute atomic E-state index is 9.03. The molecule has 18 heavy (non-hydrogen) atoms. The lowest BCUT2D eigenvalue weighted by molar-refractivity contribution is 0.226. The average Bonchev–Trinajstić information content (AvgIpc) is 2.29. The monoisotopic (exact) mass is 251 g/mol. The van der Waals surface area contributed by atoms with E-state index in [-0.39, 0.29) is 6.61 Å². The predicted octanol–water partition coefficient (Wildman–Crippen LogP) is 1.18. The van der Waals surface area contributed by atoms with Crippen LogP contribution in [-0.2, 0) is 6.54 Å². The zero-order chi connectivity index (χ0) is 13.4. The zero-order valence-electron chi connectivity index (χ0n) is 11.7. The van der Waals surface area contributed by atoms with Crippen molar-refractivity contribution in [3.8, 4) is 0 Å². The van der Waals surface area contributed by atoms with Crippen LogP contribution in [0.3, 0.4) is 0 Å². The molecule has 0 aliphatic carbocycles. The number of likely N-dealkylation sites (N-methyl/N-ethyl adjacent to an activating group) is 2. The van der Waals surface area contributed by atoms with Gasteiger partial charge in [0.05, 0.1) is 5.69 Å². The highest BCUT2D eigenvalue weighted by atomic mass is 16.3. The van der Waals surface area contributed by atoms with E-state index in [1.165, 1.54) is 0 Å². The number of hydrogen-bond acceptors (Lipinski definition) is 4. The molecule has 1 aromatic heterocycles. The Kier molecular flexibility index (Phi) is 6.86. The van der Waals surface area contributed by atoms with Gasteiger partial charge < -0.3 is 10.4 Å². The smallest absolute Gasteiger partial charge is 0.0547 e. The maximum Gasteiger partial charge on any atom is 0.0547 e. The van der Waals surface area contributed by atoms with Gasteiger partial charge in [-0.1, -0.05) is 13.0 Å². The molecule has 0 saturated heterocycles. The van der Waals surface area contributed by atoms with Gasteiger partial charge in [0.25, 0.3) is 0 Å². The van der Waals surface area contributed by atoms with E-state index in [9.17, 15) is 0 Å². The Morgan fingerprint density at radius 2 is 2.22 bits per heavy atom. The first-order valence-electron chi connectivity index (χ1n) is 6.61. The van der Waals surface area contributed by atoms with Crippen LogP contribution in [0, 0.1) is 6.92 Å². The highest BCUT2D eigenvalue weighted by molar-refractivity contribution is 5.09. The van der Waals surface area contributed by atoms with Gasteiger partial charge >= 0.3 is 0 Å². The number of aromatic nitrogens is 1. The highest BCUT2D eigenvalue weighted by Gasteiger charge is 2.10. The van der Waals surface area contributed by atoms with Gasteiger partial charge in [0.2, 0.25) is 0 Å². The molecule has 0 spiro atoms. The molecule has 0 bridgehead atoms. The third-order valence-corrected chi connectivity index (χ3v) is 2.88. The Hall–Kier alpha value is -0.970. The molecule has 1 heterocycles. The molecule has 2 N–H and O–H groups in total. The van der Waals surface area contributed by atoms with Crippen molar-refractivity contribution in [3.63, 3.8) is 0 Å². The zero-order valence-corrected chi connectivity index (χ0v) is 11.7. The summed E-state index contributed by atoms with van der Waals surface area (Å²) < 4.78 is 0. The normalized spacial score (nSPS) is 12.9. The van der Waals surface area contributed by atoms with Crippen LogP contribution in [0.4, 0.5) is 0 Å². The van der Waals surface area contributed by atoms with Crippen LogP contribution >= 0.6 is 0 Å². The summed E-state index contributed by atoms with van der Waals surface area (Å²) in [7, 11) is 2.09. The molecule has 102 valence electrons. The summed E-state index contributed by atoms with van der Waals surface area (Å²) in [5.74, 6) is 0. The van der Waals surface area contributed by atoms with Crippen molar-refractivity contribution in [1.82, 2.24) is 15.2 Å². The number of rotatable bonds is 8. The second-order valence-electron chi connectivity index (χ2n) is 4.73. The van der Waals surface area contributed by atoms with Crippen molar-refractivity contribution in [2.75, 3.05) is 26.7 Å². The molecule has 0 aliphatic rings. The third-order valence-electron chi connectivity index (χ3n) is 2.88. The van der Waals surface area contributed by atoms with Gasteiger partial charge in [-0.3, -0.25) is 9.88 Å². The van der Waals surface area contributed by atoms with Crippen LogP contribution in [0.1, 0.15) is 24.7 Å². The van der Waals surface area contributed by atoms with Gasteiger partial charge in [-0.15, -0.1) is 0 Å². The topological polar surface area (TPSA) is 48.4 Å². The number of aliphatic hydroxyl groups excluding tert-OH is 1. The lowest BCUT2D eigenvalue weighted by Gasteiger charge is -2.24. The molecule has 0 aromatic carbocycles. The van der Waals surface area contributed by atoms with Crippen LogP contribution in [0.2, 0.25) is 0 Å². The van der Waals surface area contributed by atoms with E-state index in [0.29, 0.717) is 6.04 Å². The number of nitrogens with zero attached hydrogens (tertiary/aromatic N) is 2. The van der Waals surface area contributed by atoms with Crippen molar-refractivity contribution in [2.24, 2.45) is 0 Å². The van der Waals surface area contributed by atoms with Gasteiger partial charge in [-0.05, 0) is 39.1 Å². The minimum Gasteiger partial charge on any atom is -0.396 e. The number of pyridine rings is 1. The Bertz CT molecular complexity index is 338. The number of aryl methyl sites for hydroxylation is 1. The Balaban J connectivity index is 2.46. The third kappa shape index (κ3) is 5.58. The highest BCUT2D eigenvalue weighted by Crippen LogP contribution is 2.03. The van der Waals surface area contributed by atoms with E-state index in [0.717, 1.165) is 37.4 Å². The first-order chi connectivity index (χ1) is 8.65. The van der Waals surface area contributed by atoms with Gasteiger partial charge in [-0.2, -0.15) is 0 Å². The minimum absolute atomic E-state index is 0.230. The van der Waals surface area contributed by atoms with E-state index in [1.807, 2.05) is 19.1 Å². The lowest BCUT2D eigenvalue weighted by Crippen LogP contribution is -2.40.